The Morgan fingerprint density at radius 2 is 1.94 bits per heavy atom. The first-order chi connectivity index (χ1) is 8.43. The van der Waals surface area contributed by atoms with Gasteiger partial charge in [0.1, 0.15) is 5.75 Å². The van der Waals surface area contributed by atoms with Gasteiger partial charge in [0.05, 0.1) is 7.11 Å². The van der Waals surface area contributed by atoms with Crippen molar-refractivity contribution >= 4 is 0 Å². The Balaban J connectivity index is 2.87. The Morgan fingerprint density at radius 3 is 2.44 bits per heavy atom. The molecule has 0 saturated carbocycles. The molecule has 0 bridgehead atoms. The minimum absolute atomic E-state index is 0.189. The molecule has 1 atom stereocenters. The summed E-state index contributed by atoms with van der Waals surface area (Å²) in [6.45, 7) is 8.19. The standard InChI is InChI=1S/C15H26N2O/c1-11(2)13-6-7-15(18-5)14(8-13)10-17(4)9-12(3)16/h6-8,11-12H,9-10,16H2,1-5H3. The molecule has 1 unspecified atom stereocenters. The van der Waals surface area contributed by atoms with Gasteiger partial charge in [-0.2, -0.15) is 0 Å². The largest absolute Gasteiger partial charge is 0.496 e. The molecule has 1 rings (SSSR count). The highest BCUT2D eigenvalue weighted by atomic mass is 16.5. The van der Waals surface area contributed by atoms with Gasteiger partial charge in [0.25, 0.3) is 0 Å². The summed E-state index contributed by atoms with van der Waals surface area (Å²) in [6.07, 6.45) is 0. The first-order valence-electron chi connectivity index (χ1n) is 6.55. The van der Waals surface area contributed by atoms with Gasteiger partial charge in [-0.25, -0.2) is 0 Å². The molecular formula is C15H26N2O. The highest BCUT2D eigenvalue weighted by Crippen LogP contribution is 2.25. The van der Waals surface area contributed by atoms with E-state index >= 15 is 0 Å². The second-order valence-corrected chi connectivity index (χ2v) is 5.40. The summed E-state index contributed by atoms with van der Waals surface area (Å²) < 4.78 is 5.43. The lowest BCUT2D eigenvalue weighted by molar-refractivity contribution is 0.302. The van der Waals surface area contributed by atoms with Crippen molar-refractivity contribution < 1.29 is 4.74 Å². The third-order valence-electron chi connectivity index (χ3n) is 3.01. The van der Waals surface area contributed by atoms with Crippen LogP contribution in [-0.4, -0.2) is 31.6 Å². The molecule has 0 spiro atoms. The van der Waals surface area contributed by atoms with Crippen molar-refractivity contribution in [2.75, 3.05) is 20.7 Å². The minimum Gasteiger partial charge on any atom is -0.496 e. The van der Waals surface area contributed by atoms with E-state index in [9.17, 15) is 0 Å². The molecule has 0 radical (unpaired) electrons. The van der Waals surface area contributed by atoms with Crippen LogP contribution in [0.3, 0.4) is 0 Å². The summed E-state index contributed by atoms with van der Waals surface area (Å²) in [5.41, 5.74) is 8.40. The van der Waals surface area contributed by atoms with E-state index in [2.05, 4.69) is 44.0 Å². The van der Waals surface area contributed by atoms with Gasteiger partial charge in [0, 0.05) is 24.7 Å². The zero-order valence-corrected chi connectivity index (χ0v) is 12.2. The number of nitrogens with zero attached hydrogens (tertiary/aromatic N) is 1. The lowest BCUT2D eigenvalue weighted by Gasteiger charge is -2.21. The third kappa shape index (κ3) is 4.31. The van der Waals surface area contributed by atoms with Crippen LogP contribution in [0.5, 0.6) is 5.75 Å². The molecule has 0 heterocycles. The monoisotopic (exact) mass is 250 g/mol. The molecule has 18 heavy (non-hydrogen) atoms. The van der Waals surface area contributed by atoms with Crippen LogP contribution in [0.2, 0.25) is 0 Å². The van der Waals surface area contributed by atoms with Crippen molar-refractivity contribution in [3.8, 4) is 5.75 Å². The van der Waals surface area contributed by atoms with E-state index in [1.807, 2.05) is 6.92 Å². The molecule has 0 aliphatic rings. The second-order valence-electron chi connectivity index (χ2n) is 5.40. The lowest BCUT2D eigenvalue weighted by atomic mass is 10.00. The van der Waals surface area contributed by atoms with Crippen LogP contribution < -0.4 is 10.5 Å². The van der Waals surface area contributed by atoms with E-state index in [0.29, 0.717) is 5.92 Å². The Hall–Kier alpha value is -1.06. The quantitative estimate of drug-likeness (QED) is 0.843. The zero-order chi connectivity index (χ0) is 13.7. The van der Waals surface area contributed by atoms with Gasteiger partial charge in [-0.1, -0.05) is 26.0 Å². The average Bonchev–Trinajstić information content (AvgIpc) is 2.27. The number of ether oxygens (including phenoxy) is 1. The first kappa shape index (κ1) is 15.0. The maximum atomic E-state index is 5.82. The van der Waals surface area contributed by atoms with Crippen molar-refractivity contribution in [1.82, 2.24) is 4.90 Å². The summed E-state index contributed by atoms with van der Waals surface area (Å²) in [5.74, 6) is 1.49. The molecule has 0 fully saturated rings. The fraction of sp³-hybridized carbons (Fsp3) is 0.600. The molecule has 2 N–H and O–H groups in total. The van der Waals surface area contributed by atoms with Gasteiger partial charge in [-0.15, -0.1) is 0 Å². The van der Waals surface area contributed by atoms with Crippen LogP contribution in [0.1, 0.15) is 37.8 Å². The topological polar surface area (TPSA) is 38.5 Å². The van der Waals surface area contributed by atoms with E-state index in [1.165, 1.54) is 11.1 Å². The fourth-order valence-electron chi connectivity index (χ4n) is 2.13. The molecule has 0 saturated heterocycles. The normalized spacial score (nSPS) is 13.1. The van der Waals surface area contributed by atoms with Crippen molar-refractivity contribution in [3.05, 3.63) is 29.3 Å². The molecule has 3 nitrogen and oxygen atoms in total. The Morgan fingerprint density at radius 1 is 1.28 bits per heavy atom. The van der Waals surface area contributed by atoms with Gasteiger partial charge >= 0.3 is 0 Å². The number of nitrogens with two attached hydrogens (primary N) is 1. The van der Waals surface area contributed by atoms with Crippen LogP contribution in [0.25, 0.3) is 0 Å². The predicted octanol–water partition coefficient (Wildman–Crippen LogP) is 2.60. The van der Waals surface area contributed by atoms with E-state index in [0.717, 1.165) is 18.8 Å². The van der Waals surface area contributed by atoms with Gasteiger partial charge < -0.3 is 15.4 Å². The smallest absolute Gasteiger partial charge is 0.123 e. The van der Waals surface area contributed by atoms with Crippen molar-refractivity contribution in [2.45, 2.75) is 39.3 Å². The third-order valence-corrected chi connectivity index (χ3v) is 3.01. The highest BCUT2D eigenvalue weighted by molar-refractivity contribution is 5.38. The van der Waals surface area contributed by atoms with Crippen LogP contribution in [-0.2, 0) is 6.54 Å². The van der Waals surface area contributed by atoms with Crippen molar-refractivity contribution in [3.63, 3.8) is 0 Å². The molecular weight excluding hydrogens is 224 g/mol. The number of methoxy groups -OCH3 is 1. The molecule has 1 aromatic rings. The number of hydrogen-bond acceptors (Lipinski definition) is 3. The SMILES string of the molecule is COc1ccc(C(C)C)cc1CN(C)CC(C)N. The Bertz CT molecular complexity index is 375. The van der Waals surface area contributed by atoms with Crippen LogP contribution in [0.15, 0.2) is 18.2 Å². The number of rotatable bonds is 6. The Kier molecular flexibility index (Phi) is 5.63. The number of likely N-dealkylation sites (N-methyl/N-ethyl adjacent to an activating group) is 1. The maximum absolute atomic E-state index is 5.82. The zero-order valence-electron chi connectivity index (χ0n) is 12.2. The summed E-state index contributed by atoms with van der Waals surface area (Å²) in [5, 5.41) is 0. The predicted molar refractivity (Wildman–Crippen MR) is 77.1 cm³/mol. The number of hydrogen-bond donors (Lipinski definition) is 1. The fourth-order valence-corrected chi connectivity index (χ4v) is 2.13. The Labute approximate surface area is 111 Å². The maximum Gasteiger partial charge on any atom is 0.123 e. The summed E-state index contributed by atoms with van der Waals surface area (Å²) in [7, 11) is 3.81. The molecule has 3 heteroatoms. The van der Waals surface area contributed by atoms with Gasteiger partial charge in [0.2, 0.25) is 0 Å². The summed E-state index contributed by atoms with van der Waals surface area (Å²) >= 11 is 0. The molecule has 0 aliphatic carbocycles. The van der Waals surface area contributed by atoms with E-state index < -0.39 is 0 Å². The van der Waals surface area contributed by atoms with E-state index in [1.54, 1.807) is 7.11 Å². The van der Waals surface area contributed by atoms with Gasteiger partial charge in [-0.05, 0) is 31.5 Å². The van der Waals surface area contributed by atoms with Crippen LogP contribution in [0, 0.1) is 0 Å². The van der Waals surface area contributed by atoms with E-state index in [-0.39, 0.29) is 6.04 Å². The van der Waals surface area contributed by atoms with Crippen LogP contribution in [0.4, 0.5) is 0 Å². The van der Waals surface area contributed by atoms with E-state index in [4.69, 9.17) is 10.5 Å². The van der Waals surface area contributed by atoms with Gasteiger partial charge in [0.15, 0.2) is 0 Å². The summed E-state index contributed by atoms with van der Waals surface area (Å²) in [6, 6.07) is 6.62. The first-order valence-corrected chi connectivity index (χ1v) is 6.55. The van der Waals surface area contributed by atoms with Crippen molar-refractivity contribution in [1.29, 1.82) is 0 Å². The summed E-state index contributed by atoms with van der Waals surface area (Å²) in [4.78, 5) is 2.23. The number of benzene rings is 1. The minimum atomic E-state index is 0.189. The average molecular weight is 250 g/mol. The molecule has 0 aliphatic heterocycles. The highest BCUT2D eigenvalue weighted by Gasteiger charge is 2.10. The molecule has 1 aromatic carbocycles. The second kappa shape index (κ2) is 6.76. The molecule has 102 valence electrons. The lowest BCUT2D eigenvalue weighted by Crippen LogP contribution is -2.32. The molecule has 0 amide bonds. The van der Waals surface area contributed by atoms with Crippen LogP contribution >= 0.6 is 0 Å². The van der Waals surface area contributed by atoms with Crippen molar-refractivity contribution in [2.24, 2.45) is 5.73 Å². The van der Waals surface area contributed by atoms with Gasteiger partial charge in [-0.3, -0.25) is 0 Å². The molecule has 0 aromatic heterocycles.